The number of hydrogen-bond acceptors (Lipinski definition) is 2. The lowest BCUT2D eigenvalue weighted by Crippen LogP contribution is -2.41. The normalized spacial score (nSPS) is 29.1. The number of hydrogen-bond donors (Lipinski definition) is 1. The van der Waals surface area contributed by atoms with Crippen LogP contribution in [-0.2, 0) is 9.59 Å². The molecule has 0 saturated heterocycles. The third kappa shape index (κ3) is 2.82. The minimum Gasteiger partial charge on any atom is -0.481 e. The Balaban J connectivity index is 2.85. The summed E-state index contributed by atoms with van der Waals surface area (Å²) in [7, 11) is 0. The van der Waals surface area contributed by atoms with E-state index in [1.165, 1.54) is 0 Å². The molecule has 0 heterocycles. The Labute approximate surface area is 109 Å². The van der Waals surface area contributed by atoms with E-state index in [1.54, 1.807) is 0 Å². The number of carbonyl (C=O) groups excluding carboxylic acids is 1. The molecule has 1 aliphatic rings. The number of carbonyl (C=O) groups is 2. The number of Topliss-reactive ketones (excluding diaryl/α,β-unsaturated/α-hetero) is 1. The zero-order chi connectivity index (χ0) is 14.0. The van der Waals surface area contributed by atoms with Crippen LogP contribution in [0.3, 0.4) is 0 Å². The molecule has 0 aromatic carbocycles. The van der Waals surface area contributed by atoms with Crippen LogP contribution in [-0.4, -0.2) is 16.9 Å². The number of allylic oxidation sites excluding steroid dienone is 1. The molecule has 3 heteroatoms. The van der Waals surface area contributed by atoms with Gasteiger partial charge >= 0.3 is 5.97 Å². The van der Waals surface area contributed by atoms with Crippen LogP contribution >= 0.6 is 0 Å². The van der Waals surface area contributed by atoms with Gasteiger partial charge in [-0.3, -0.25) is 9.59 Å². The van der Waals surface area contributed by atoms with E-state index in [4.69, 9.17) is 5.11 Å². The highest BCUT2D eigenvalue weighted by molar-refractivity contribution is 5.89. The van der Waals surface area contributed by atoms with Crippen LogP contribution in [0, 0.1) is 16.7 Å². The van der Waals surface area contributed by atoms with Crippen molar-refractivity contribution in [3.63, 3.8) is 0 Å². The van der Waals surface area contributed by atoms with E-state index in [0.29, 0.717) is 19.3 Å². The summed E-state index contributed by atoms with van der Waals surface area (Å²) in [4.78, 5) is 23.3. The maximum Gasteiger partial charge on any atom is 0.304 e. The molecule has 0 aromatic heterocycles. The maximum atomic E-state index is 12.4. The Morgan fingerprint density at radius 1 is 1.61 bits per heavy atom. The molecule has 1 fully saturated rings. The van der Waals surface area contributed by atoms with Crippen molar-refractivity contribution in [3.8, 4) is 0 Å². The van der Waals surface area contributed by atoms with Crippen molar-refractivity contribution in [1.29, 1.82) is 0 Å². The molecule has 3 nitrogen and oxygen atoms in total. The predicted molar refractivity (Wildman–Crippen MR) is 71.3 cm³/mol. The fourth-order valence-electron chi connectivity index (χ4n) is 2.91. The quantitative estimate of drug-likeness (QED) is 0.762. The number of aliphatic carboxylic acids is 1. The van der Waals surface area contributed by atoms with Crippen molar-refractivity contribution in [2.75, 3.05) is 0 Å². The van der Waals surface area contributed by atoms with Gasteiger partial charge < -0.3 is 5.11 Å². The van der Waals surface area contributed by atoms with Gasteiger partial charge in [-0.2, -0.15) is 0 Å². The maximum absolute atomic E-state index is 12.4. The van der Waals surface area contributed by atoms with Crippen LogP contribution in [0.2, 0.25) is 0 Å². The van der Waals surface area contributed by atoms with Gasteiger partial charge in [0.05, 0.1) is 6.42 Å². The monoisotopic (exact) mass is 252 g/mol. The molecule has 1 saturated carbocycles. The fraction of sp³-hybridized carbons (Fsp3) is 0.733. The average Bonchev–Trinajstić information content (AvgIpc) is 2.31. The molecule has 2 unspecified atom stereocenters. The Hall–Kier alpha value is -1.12. The molecule has 0 radical (unpaired) electrons. The lowest BCUT2D eigenvalue weighted by Gasteiger charge is -2.42. The van der Waals surface area contributed by atoms with Gasteiger partial charge in [-0.15, -0.1) is 6.58 Å². The van der Waals surface area contributed by atoms with Crippen LogP contribution < -0.4 is 0 Å². The molecule has 0 bridgehead atoms. The minimum atomic E-state index is -0.869. The summed E-state index contributed by atoms with van der Waals surface area (Å²) in [6.45, 7) is 9.93. The molecule has 0 spiro atoms. The molecule has 102 valence electrons. The van der Waals surface area contributed by atoms with Gasteiger partial charge in [0.1, 0.15) is 5.78 Å². The average molecular weight is 252 g/mol. The van der Waals surface area contributed by atoms with Crippen LogP contribution in [0.1, 0.15) is 52.9 Å². The first-order chi connectivity index (χ1) is 8.27. The molecule has 1 aliphatic carbocycles. The summed E-state index contributed by atoms with van der Waals surface area (Å²) >= 11 is 0. The van der Waals surface area contributed by atoms with Crippen LogP contribution in [0.4, 0.5) is 0 Å². The lowest BCUT2D eigenvalue weighted by molar-refractivity contribution is -0.147. The molecule has 0 aliphatic heterocycles. The first kappa shape index (κ1) is 14.9. The van der Waals surface area contributed by atoms with Gasteiger partial charge in [0, 0.05) is 11.8 Å². The van der Waals surface area contributed by atoms with Gasteiger partial charge in [-0.05, 0) is 30.6 Å². The zero-order valence-electron chi connectivity index (χ0n) is 11.7. The first-order valence-electron chi connectivity index (χ1n) is 6.66. The second-order valence-electron chi connectivity index (χ2n) is 6.09. The van der Waals surface area contributed by atoms with Crippen LogP contribution in [0.15, 0.2) is 12.7 Å². The van der Waals surface area contributed by atoms with Crippen LogP contribution in [0.25, 0.3) is 0 Å². The Morgan fingerprint density at radius 2 is 2.22 bits per heavy atom. The zero-order valence-corrected chi connectivity index (χ0v) is 11.7. The smallest absolute Gasteiger partial charge is 0.304 e. The first-order valence-corrected chi connectivity index (χ1v) is 6.66. The molecule has 0 amide bonds. The lowest BCUT2D eigenvalue weighted by atomic mass is 9.61. The molecular formula is C15H24O3. The molecule has 1 rings (SSSR count). The van der Waals surface area contributed by atoms with Crippen molar-refractivity contribution >= 4 is 11.8 Å². The van der Waals surface area contributed by atoms with Gasteiger partial charge in [0.25, 0.3) is 0 Å². The third-order valence-electron chi connectivity index (χ3n) is 4.74. The summed E-state index contributed by atoms with van der Waals surface area (Å²) in [5, 5.41) is 8.98. The Morgan fingerprint density at radius 3 is 2.61 bits per heavy atom. The summed E-state index contributed by atoms with van der Waals surface area (Å²) in [5.74, 6) is -0.457. The fourth-order valence-corrected chi connectivity index (χ4v) is 2.91. The number of carboxylic acids is 1. The molecule has 18 heavy (non-hydrogen) atoms. The van der Waals surface area contributed by atoms with Crippen LogP contribution in [0.5, 0.6) is 0 Å². The number of ketones is 1. The topological polar surface area (TPSA) is 54.4 Å². The molecule has 2 atom stereocenters. The van der Waals surface area contributed by atoms with E-state index >= 15 is 0 Å². The second-order valence-corrected chi connectivity index (χ2v) is 6.09. The van der Waals surface area contributed by atoms with Crippen molar-refractivity contribution in [3.05, 3.63) is 12.7 Å². The van der Waals surface area contributed by atoms with Crippen molar-refractivity contribution in [2.24, 2.45) is 16.7 Å². The second kappa shape index (κ2) is 5.25. The highest BCUT2D eigenvalue weighted by atomic mass is 16.4. The Kier molecular flexibility index (Phi) is 4.36. The van der Waals surface area contributed by atoms with E-state index in [9.17, 15) is 9.59 Å². The van der Waals surface area contributed by atoms with E-state index in [1.807, 2.05) is 13.0 Å². The van der Waals surface area contributed by atoms with Crippen molar-refractivity contribution in [2.45, 2.75) is 52.9 Å². The Bertz CT molecular complexity index is 357. The highest BCUT2D eigenvalue weighted by Crippen LogP contribution is 2.47. The van der Waals surface area contributed by atoms with E-state index in [2.05, 4.69) is 20.4 Å². The minimum absolute atomic E-state index is 0.0242. The summed E-state index contributed by atoms with van der Waals surface area (Å²) in [5.41, 5.74) is -0.682. The third-order valence-corrected chi connectivity index (χ3v) is 4.74. The van der Waals surface area contributed by atoms with Gasteiger partial charge in [-0.1, -0.05) is 26.8 Å². The predicted octanol–water partition coefficient (Wildman–Crippen LogP) is 3.44. The van der Waals surface area contributed by atoms with Gasteiger partial charge in [0.2, 0.25) is 0 Å². The summed E-state index contributed by atoms with van der Waals surface area (Å²) < 4.78 is 0. The van der Waals surface area contributed by atoms with Gasteiger partial charge in [0.15, 0.2) is 0 Å². The van der Waals surface area contributed by atoms with Crippen molar-refractivity contribution in [1.82, 2.24) is 0 Å². The molecule has 0 aromatic rings. The van der Waals surface area contributed by atoms with Crippen molar-refractivity contribution < 1.29 is 14.7 Å². The molecular weight excluding hydrogens is 228 g/mol. The van der Waals surface area contributed by atoms with E-state index in [0.717, 1.165) is 6.42 Å². The van der Waals surface area contributed by atoms with E-state index < -0.39 is 11.4 Å². The summed E-state index contributed by atoms with van der Waals surface area (Å²) in [6, 6.07) is 0. The number of rotatable bonds is 5. The number of carboxylic acid groups (broad SMARTS) is 1. The van der Waals surface area contributed by atoms with Gasteiger partial charge in [-0.25, -0.2) is 0 Å². The molecule has 1 N–H and O–H groups in total. The summed E-state index contributed by atoms with van der Waals surface area (Å²) in [6.07, 6.45) is 4.59. The largest absolute Gasteiger partial charge is 0.481 e. The van der Waals surface area contributed by atoms with E-state index in [-0.39, 0.29) is 23.5 Å². The standard InChI is InChI=1S/C15H24O3/c1-5-14(3,4)11-7-8-15(6-2,10-13(17)18)12(16)9-11/h5,11H,1,6-10H2,2-4H3,(H,17,18). The highest BCUT2D eigenvalue weighted by Gasteiger charge is 2.45. The SMILES string of the molecule is C=CC(C)(C)C1CCC(CC)(CC(=O)O)C(=O)C1.